The van der Waals surface area contributed by atoms with Crippen molar-refractivity contribution in [3.8, 4) is 0 Å². The Morgan fingerprint density at radius 3 is 2.88 bits per heavy atom. The molecule has 5 nitrogen and oxygen atoms in total. The first-order valence-electron chi connectivity index (χ1n) is 8.26. The molecule has 0 saturated heterocycles. The van der Waals surface area contributed by atoms with Crippen LogP contribution in [0.5, 0.6) is 0 Å². The van der Waals surface area contributed by atoms with E-state index in [0.717, 1.165) is 25.9 Å². The summed E-state index contributed by atoms with van der Waals surface area (Å²) in [7, 11) is 0. The van der Waals surface area contributed by atoms with E-state index in [2.05, 4.69) is 12.2 Å². The molecule has 1 aromatic heterocycles. The molecule has 128 valence electrons. The Morgan fingerprint density at radius 1 is 1.25 bits per heavy atom. The summed E-state index contributed by atoms with van der Waals surface area (Å²) in [4.78, 5) is 24.0. The maximum atomic E-state index is 12.3. The van der Waals surface area contributed by atoms with Crippen molar-refractivity contribution in [1.29, 1.82) is 0 Å². The molecule has 1 aromatic carbocycles. The van der Waals surface area contributed by atoms with Crippen molar-refractivity contribution in [2.45, 2.75) is 26.2 Å². The molecule has 0 radical (unpaired) electrons. The summed E-state index contributed by atoms with van der Waals surface area (Å²) < 4.78 is 10.8. The highest BCUT2D eigenvalue weighted by Gasteiger charge is 2.04. The number of ether oxygens (including phenoxy) is 1. The van der Waals surface area contributed by atoms with Gasteiger partial charge in [0.05, 0.1) is 10.9 Å². The summed E-state index contributed by atoms with van der Waals surface area (Å²) in [5, 5.41) is 3.27. The molecule has 2 rings (SSSR count). The van der Waals surface area contributed by atoms with Crippen molar-refractivity contribution in [3.05, 3.63) is 52.4 Å². The number of rotatable bonds is 9. The van der Waals surface area contributed by atoms with Crippen LogP contribution in [0, 0.1) is 0 Å². The Kier molecular flexibility index (Phi) is 7.23. The lowest BCUT2D eigenvalue weighted by atomic mass is 10.1. The van der Waals surface area contributed by atoms with Gasteiger partial charge in [0.25, 0.3) is 0 Å². The van der Waals surface area contributed by atoms with Crippen LogP contribution in [0.2, 0.25) is 0 Å². The predicted molar refractivity (Wildman–Crippen MR) is 94.9 cm³/mol. The molecule has 1 heterocycles. The van der Waals surface area contributed by atoms with Gasteiger partial charge in [0.2, 0.25) is 5.91 Å². The number of para-hydroxylation sites is 1. The van der Waals surface area contributed by atoms with E-state index in [0.29, 0.717) is 29.7 Å². The Hall–Kier alpha value is -2.40. The molecule has 0 unspecified atom stereocenters. The monoisotopic (exact) mass is 329 g/mol. The van der Waals surface area contributed by atoms with Crippen LogP contribution in [0.4, 0.5) is 0 Å². The van der Waals surface area contributed by atoms with Gasteiger partial charge in [-0.15, -0.1) is 0 Å². The third kappa shape index (κ3) is 5.35. The van der Waals surface area contributed by atoms with E-state index in [9.17, 15) is 9.59 Å². The molecular weight excluding hydrogens is 306 g/mol. The summed E-state index contributed by atoms with van der Waals surface area (Å²) in [5.74, 6) is -0.240. The van der Waals surface area contributed by atoms with Crippen molar-refractivity contribution in [1.82, 2.24) is 5.32 Å². The summed E-state index contributed by atoms with van der Waals surface area (Å²) in [6.07, 6.45) is 7.13. The van der Waals surface area contributed by atoms with Crippen LogP contribution in [0.25, 0.3) is 17.0 Å². The van der Waals surface area contributed by atoms with E-state index < -0.39 is 0 Å². The molecule has 2 aromatic rings. The zero-order valence-electron chi connectivity index (χ0n) is 13.9. The fraction of sp³-hybridized carbons (Fsp3) is 0.368. The summed E-state index contributed by atoms with van der Waals surface area (Å²) in [6, 6.07) is 7.03. The molecular formula is C19H23NO4. The Morgan fingerprint density at radius 2 is 2.04 bits per heavy atom. The van der Waals surface area contributed by atoms with Gasteiger partial charge in [0.15, 0.2) is 5.43 Å². The van der Waals surface area contributed by atoms with E-state index >= 15 is 0 Å². The maximum Gasteiger partial charge on any atom is 0.244 e. The zero-order chi connectivity index (χ0) is 17.2. The minimum atomic E-state index is -0.240. The van der Waals surface area contributed by atoms with E-state index in [4.69, 9.17) is 9.15 Å². The van der Waals surface area contributed by atoms with Crippen molar-refractivity contribution < 1.29 is 13.9 Å². The number of unbranched alkanes of at least 4 members (excludes halogenated alkanes) is 1. The fourth-order valence-electron chi connectivity index (χ4n) is 2.17. The predicted octanol–water partition coefficient (Wildman–Crippen LogP) is 3.13. The standard InChI is InChI=1S/C19H23NO4/c1-2-3-12-23-13-6-11-20-18(21)10-9-15-14-24-17-8-5-4-7-16(17)19(15)22/h4-5,7-10,14H,2-3,6,11-13H2,1H3,(H,20,21)/b10-9+. The van der Waals surface area contributed by atoms with Crippen LogP contribution in [0.15, 0.2) is 45.8 Å². The molecule has 0 aliphatic carbocycles. The van der Waals surface area contributed by atoms with Gasteiger partial charge in [-0.25, -0.2) is 0 Å². The molecule has 1 N–H and O–H groups in total. The highest BCUT2D eigenvalue weighted by Crippen LogP contribution is 2.11. The van der Waals surface area contributed by atoms with E-state index in [1.165, 1.54) is 18.4 Å². The lowest BCUT2D eigenvalue weighted by molar-refractivity contribution is -0.116. The molecule has 24 heavy (non-hydrogen) atoms. The highest BCUT2D eigenvalue weighted by molar-refractivity contribution is 5.92. The number of benzene rings is 1. The number of amides is 1. The van der Waals surface area contributed by atoms with E-state index in [-0.39, 0.29) is 11.3 Å². The molecule has 5 heteroatoms. The topological polar surface area (TPSA) is 68.5 Å². The first-order chi connectivity index (χ1) is 11.7. The third-order valence-corrected chi connectivity index (χ3v) is 3.53. The highest BCUT2D eigenvalue weighted by atomic mass is 16.5. The SMILES string of the molecule is CCCCOCCCNC(=O)/C=C/c1coc2ccccc2c1=O. The summed E-state index contributed by atoms with van der Waals surface area (Å²) >= 11 is 0. The minimum Gasteiger partial charge on any atom is -0.463 e. The molecule has 0 fully saturated rings. The van der Waals surface area contributed by atoms with Gasteiger partial charge in [-0.2, -0.15) is 0 Å². The van der Waals surface area contributed by atoms with E-state index in [1.807, 2.05) is 0 Å². The van der Waals surface area contributed by atoms with Crippen LogP contribution >= 0.6 is 0 Å². The number of hydrogen-bond donors (Lipinski definition) is 1. The maximum absolute atomic E-state index is 12.3. The second kappa shape index (κ2) is 9.67. The molecule has 0 spiro atoms. The largest absolute Gasteiger partial charge is 0.463 e. The normalized spacial score (nSPS) is 11.2. The van der Waals surface area contributed by atoms with Crippen LogP contribution in [0.1, 0.15) is 31.7 Å². The molecule has 0 bridgehead atoms. The van der Waals surface area contributed by atoms with Gasteiger partial charge in [0.1, 0.15) is 11.8 Å². The number of hydrogen-bond acceptors (Lipinski definition) is 4. The second-order valence-electron chi connectivity index (χ2n) is 5.46. The van der Waals surface area contributed by atoms with Gasteiger partial charge in [-0.05, 0) is 31.1 Å². The average molecular weight is 329 g/mol. The summed E-state index contributed by atoms with van der Waals surface area (Å²) in [5.41, 5.74) is 0.740. The molecule has 0 saturated carbocycles. The van der Waals surface area contributed by atoms with Crippen LogP contribution in [-0.4, -0.2) is 25.7 Å². The number of carbonyl (C=O) groups excluding carboxylic acids is 1. The number of fused-ring (bicyclic) bond motifs is 1. The lowest BCUT2D eigenvalue weighted by Gasteiger charge is -2.04. The minimum absolute atomic E-state index is 0.148. The third-order valence-electron chi connectivity index (χ3n) is 3.53. The van der Waals surface area contributed by atoms with Gasteiger partial charge in [-0.3, -0.25) is 9.59 Å². The van der Waals surface area contributed by atoms with Crippen molar-refractivity contribution in [3.63, 3.8) is 0 Å². The molecule has 0 aliphatic heterocycles. The molecule has 0 atom stereocenters. The fourth-order valence-corrected chi connectivity index (χ4v) is 2.17. The molecule has 0 aliphatic rings. The van der Waals surface area contributed by atoms with Gasteiger partial charge in [-0.1, -0.05) is 25.5 Å². The Balaban J connectivity index is 1.82. The van der Waals surface area contributed by atoms with Crippen LogP contribution in [0.3, 0.4) is 0 Å². The van der Waals surface area contributed by atoms with Crippen molar-refractivity contribution in [2.24, 2.45) is 0 Å². The zero-order valence-corrected chi connectivity index (χ0v) is 13.9. The number of carbonyl (C=O) groups is 1. The Bertz CT molecular complexity index is 748. The lowest BCUT2D eigenvalue weighted by Crippen LogP contribution is -2.23. The Labute approximate surface area is 141 Å². The van der Waals surface area contributed by atoms with Crippen molar-refractivity contribution in [2.75, 3.05) is 19.8 Å². The molecule has 1 amide bonds. The summed E-state index contributed by atoms with van der Waals surface area (Å²) in [6.45, 7) is 4.06. The van der Waals surface area contributed by atoms with Gasteiger partial charge >= 0.3 is 0 Å². The quantitative estimate of drug-likeness (QED) is 0.567. The number of nitrogens with one attached hydrogen (secondary N) is 1. The first kappa shape index (κ1) is 17.9. The van der Waals surface area contributed by atoms with E-state index in [1.54, 1.807) is 24.3 Å². The van der Waals surface area contributed by atoms with Crippen LogP contribution in [-0.2, 0) is 9.53 Å². The van der Waals surface area contributed by atoms with Gasteiger partial charge < -0.3 is 14.5 Å². The average Bonchev–Trinajstić information content (AvgIpc) is 2.60. The van der Waals surface area contributed by atoms with Crippen LogP contribution < -0.4 is 10.7 Å². The smallest absolute Gasteiger partial charge is 0.244 e. The second-order valence-corrected chi connectivity index (χ2v) is 5.46. The first-order valence-corrected chi connectivity index (χ1v) is 8.26. The van der Waals surface area contributed by atoms with Crippen molar-refractivity contribution >= 4 is 23.0 Å². The van der Waals surface area contributed by atoms with Gasteiger partial charge in [0, 0.05) is 25.8 Å².